The minimum absolute atomic E-state index is 0.0741. The van der Waals surface area contributed by atoms with Gasteiger partial charge in [0.1, 0.15) is 29.4 Å². The molecule has 0 bridgehead atoms. The van der Waals surface area contributed by atoms with Crippen LogP contribution in [0.3, 0.4) is 0 Å². The van der Waals surface area contributed by atoms with Crippen molar-refractivity contribution in [3.05, 3.63) is 130 Å². The minimum Gasteiger partial charge on any atom is -0.461 e. The van der Waals surface area contributed by atoms with E-state index in [1.54, 1.807) is 5.38 Å². The summed E-state index contributed by atoms with van der Waals surface area (Å²) < 4.78 is 11.4. The van der Waals surface area contributed by atoms with Crippen LogP contribution in [0, 0.1) is 0 Å². The van der Waals surface area contributed by atoms with Crippen LogP contribution in [0.15, 0.2) is 108 Å². The summed E-state index contributed by atoms with van der Waals surface area (Å²) in [6.07, 6.45) is -0.725. The fourth-order valence-corrected chi connectivity index (χ4v) is 7.22. The molecule has 3 heterocycles. The molecule has 1 saturated heterocycles. The maximum Gasteiger partial charge on any atom is 0.356 e. The van der Waals surface area contributed by atoms with Crippen molar-refractivity contribution >= 4 is 52.0 Å². The highest BCUT2D eigenvalue weighted by Gasteiger charge is 2.54. The zero-order valence-corrected chi connectivity index (χ0v) is 26.4. The second-order valence-electron chi connectivity index (χ2n) is 10.6. The normalized spacial score (nSPS) is 17.2. The van der Waals surface area contributed by atoms with Gasteiger partial charge < -0.3 is 20.1 Å². The van der Waals surface area contributed by atoms with Crippen LogP contribution in [0.25, 0.3) is 0 Å². The number of aromatic nitrogens is 1. The summed E-state index contributed by atoms with van der Waals surface area (Å²) in [7, 11) is 0. The van der Waals surface area contributed by atoms with Crippen LogP contribution in [0.1, 0.15) is 40.2 Å². The van der Waals surface area contributed by atoms with Crippen LogP contribution in [-0.2, 0) is 30.4 Å². The first-order valence-electron chi connectivity index (χ1n) is 14.5. The lowest BCUT2D eigenvalue weighted by atomic mass is 10.0. The number of hydrogen-bond acceptors (Lipinski definition) is 10. The summed E-state index contributed by atoms with van der Waals surface area (Å²) in [5.74, 6) is -1.53. The van der Waals surface area contributed by atoms with Gasteiger partial charge in [0.2, 0.25) is 0 Å². The number of thioether (sulfide) groups is 1. The molecule has 3 aromatic carbocycles. The Hall–Kier alpha value is -4.94. The van der Waals surface area contributed by atoms with E-state index < -0.39 is 29.5 Å². The van der Waals surface area contributed by atoms with E-state index in [4.69, 9.17) is 9.47 Å². The van der Waals surface area contributed by atoms with Crippen LogP contribution >= 0.6 is 23.1 Å². The van der Waals surface area contributed by atoms with Gasteiger partial charge in [0.05, 0.1) is 0 Å². The van der Waals surface area contributed by atoms with Crippen LogP contribution in [0.4, 0.5) is 5.13 Å². The molecule has 0 aliphatic carbocycles. The highest BCUT2D eigenvalue weighted by Crippen LogP contribution is 2.43. The standard InChI is InChI=1S/C34H30N4O6S2/c1-21(39)43-18-25-19-45-32-27(37-34-36-26(20-46-34)30(40)35-17-22-11-5-2-6-12-22)31(41)38(32)28(25)33(42)44-29(23-13-7-3-8-14-23)24-15-9-4-10-16-24/h2-16,20,27,29,32H,17-19H2,1H3,(H,35,40)(H,36,37)/t27-,32-/m1/s1. The zero-order valence-electron chi connectivity index (χ0n) is 24.8. The molecule has 234 valence electrons. The van der Waals surface area contributed by atoms with E-state index >= 15 is 0 Å². The van der Waals surface area contributed by atoms with Crippen molar-refractivity contribution in [1.29, 1.82) is 0 Å². The highest BCUT2D eigenvalue weighted by molar-refractivity contribution is 8.00. The second kappa shape index (κ2) is 14.0. The molecule has 1 aromatic heterocycles. The number of carbonyl (C=O) groups is 4. The predicted molar refractivity (Wildman–Crippen MR) is 175 cm³/mol. The lowest BCUT2D eigenvalue weighted by Gasteiger charge is -2.49. The number of nitrogens with zero attached hydrogens (tertiary/aromatic N) is 2. The molecule has 0 spiro atoms. The first kappa shape index (κ1) is 31.1. The van der Waals surface area contributed by atoms with Gasteiger partial charge in [-0.3, -0.25) is 19.3 Å². The monoisotopic (exact) mass is 654 g/mol. The van der Waals surface area contributed by atoms with Gasteiger partial charge in [-0.25, -0.2) is 9.78 Å². The van der Waals surface area contributed by atoms with Crippen LogP contribution < -0.4 is 10.6 Å². The van der Waals surface area contributed by atoms with E-state index in [2.05, 4.69) is 15.6 Å². The maximum atomic E-state index is 14.0. The molecule has 2 amide bonds. The Morgan fingerprint density at radius 1 is 0.957 bits per heavy atom. The second-order valence-corrected chi connectivity index (χ2v) is 12.5. The van der Waals surface area contributed by atoms with Crippen molar-refractivity contribution < 1.29 is 28.7 Å². The molecular formula is C34H30N4O6S2. The number of ether oxygens (including phenoxy) is 2. The van der Waals surface area contributed by atoms with E-state index in [-0.39, 0.29) is 29.8 Å². The third kappa shape index (κ3) is 6.82. The molecule has 0 radical (unpaired) electrons. The van der Waals surface area contributed by atoms with Crippen LogP contribution in [0.5, 0.6) is 0 Å². The van der Waals surface area contributed by atoms with E-state index in [0.717, 1.165) is 16.7 Å². The lowest BCUT2D eigenvalue weighted by Crippen LogP contribution is -2.67. The van der Waals surface area contributed by atoms with Crippen molar-refractivity contribution in [2.24, 2.45) is 0 Å². The third-order valence-electron chi connectivity index (χ3n) is 7.43. The average Bonchev–Trinajstić information content (AvgIpc) is 3.57. The maximum absolute atomic E-state index is 14.0. The van der Waals surface area contributed by atoms with E-state index in [0.29, 0.717) is 23.0 Å². The molecule has 4 aromatic rings. The number of amides is 2. The van der Waals surface area contributed by atoms with Crippen molar-refractivity contribution in [3.63, 3.8) is 0 Å². The van der Waals surface area contributed by atoms with Gasteiger partial charge in [-0.05, 0) is 16.7 Å². The molecule has 12 heteroatoms. The first-order valence-corrected chi connectivity index (χ1v) is 16.5. The van der Waals surface area contributed by atoms with Gasteiger partial charge in [-0.2, -0.15) is 0 Å². The van der Waals surface area contributed by atoms with Crippen molar-refractivity contribution in [3.8, 4) is 0 Å². The summed E-state index contributed by atoms with van der Waals surface area (Å²) in [6.45, 7) is 1.51. The Balaban J connectivity index is 1.19. The smallest absolute Gasteiger partial charge is 0.356 e. The molecule has 2 atom stereocenters. The Labute approximate surface area is 273 Å². The number of benzene rings is 3. The SMILES string of the molecule is CC(=O)OCC1=C(C(=O)OC(c2ccccc2)c2ccccc2)N2C(=O)[C@@H](Nc3nc(C(=O)NCc4ccccc4)cs3)[C@H]2SC1. The Morgan fingerprint density at radius 2 is 1.59 bits per heavy atom. The molecular weight excluding hydrogens is 625 g/mol. The molecule has 2 N–H and O–H groups in total. The van der Waals surface area contributed by atoms with Gasteiger partial charge in [0.25, 0.3) is 11.8 Å². The number of hydrogen-bond donors (Lipinski definition) is 2. The lowest BCUT2D eigenvalue weighted by molar-refractivity contribution is -0.152. The van der Waals surface area contributed by atoms with Gasteiger partial charge in [0, 0.05) is 30.2 Å². The Bertz CT molecular complexity index is 1720. The highest BCUT2D eigenvalue weighted by atomic mass is 32.2. The minimum atomic E-state index is -0.725. The predicted octanol–water partition coefficient (Wildman–Crippen LogP) is 4.92. The molecule has 2 aliphatic rings. The molecule has 1 fully saturated rings. The van der Waals surface area contributed by atoms with Crippen molar-refractivity contribution in [2.75, 3.05) is 17.7 Å². The number of anilines is 1. The van der Waals surface area contributed by atoms with E-state index in [1.165, 1.54) is 34.9 Å². The number of thiazole rings is 1. The Kier molecular flexibility index (Phi) is 9.46. The summed E-state index contributed by atoms with van der Waals surface area (Å²) in [5, 5.41) is 7.60. The molecule has 2 aliphatic heterocycles. The van der Waals surface area contributed by atoms with E-state index in [1.807, 2.05) is 91.0 Å². The molecule has 0 saturated carbocycles. The zero-order chi connectivity index (χ0) is 32.0. The van der Waals surface area contributed by atoms with Crippen LogP contribution in [0.2, 0.25) is 0 Å². The van der Waals surface area contributed by atoms with E-state index in [9.17, 15) is 19.2 Å². The average molecular weight is 655 g/mol. The number of fused-ring (bicyclic) bond motifs is 1. The fourth-order valence-electron chi connectivity index (χ4n) is 5.16. The van der Waals surface area contributed by atoms with Crippen LogP contribution in [-0.4, -0.2) is 57.4 Å². The number of nitrogens with one attached hydrogen (secondary N) is 2. The number of carbonyl (C=O) groups excluding carboxylic acids is 4. The Morgan fingerprint density at radius 3 is 2.22 bits per heavy atom. The quantitative estimate of drug-likeness (QED) is 0.171. The van der Waals surface area contributed by atoms with Gasteiger partial charge in [-0.1, -0.05) is 91.0 Å². The summed E-state index contributed by atoms with van der Waals surface area (Å²) in [4.78, 5) is 57.7. The van der Waals surface area contributed by atoms with Crippen molar-refractivity contribution in [2.45, 2.75) is 31.0 Å². The van der Waals surface area contributed by atoms with Gasteiger partial charge in [-0.15, -0.1) is 23.1 Å². The number of esters is 2. The molecule has 46 heavy (non-hydrogen) atoms. The number of rotatable bonds is 11. The summed E-state index contributed by atoms with van der Waals surface area (Å²) in [5.41, 5.74) is 3.31. The third-order valence-corrected chi connectivity index (χ3v) is 9.54. The molecule has 0 unspecified atom stereocenters. The largest absolute Gasteiger partial charge is 0.461 e. The number of β-lactam (4-membered cyclic amide) rings is 1. The summed E-state index contributed by atoms with van der Waals surface area (Å²) >= 11 is 2.66. The fraction of sp³-hybridized carbons (Fsp3) is 0.206. The summed E-state index contributed by atoms with van der Waals surface area (Å²) in [6, 6.07) is 27.6. The molecule has 6 rings (SSSR count). The topological polar surface area (TPSA) is 127 Å². The molecule has 10 nitrogen and oxygen atoms in total. The first-order chi connectivity index (χ1) is 22.4. The van der Waals surface area contributed by atoms with Gasteiger partial charge in [0.15, 0.2) is 11.2 Å². The van der Waals surface area contributed by atoms with Crippen molar-refractivity contribution in [1.82, 2.24) is 15.2 Å². The van der Waals surface area contributed by atoms with Gasteiger partial charge >= 0.3 is 11.9 Å².